The molecule has 2 saturated heterocycles. The SMILES string of the molecule is C#CCOCC1CCN(C(=O)C2CC(=O)N(c3ccc(F)cc3)C2)CC1. The lowest BCUT2D eigenvalue weighted by molar-refractivity contribution is -0.137. The van der Waals surface area contributed by atoms with Gasteiger partial charge in [-0.05, 0) is 43.0 Å². The van der Waals surface area contributed by atoms with Gasteiger partial charge in [0.05, 0.1) is 12.5 Å². The number of ether oxygens (including phenoxy) is 1. The van der Waals surface area contributed by atoms with Crippen LogP contribution in [0.3, 0.4) is 0 Å². The Kier molecular flexibility index (Phi) is 5.89. The van der Waals surface area contributed by atoms with E-state index in [1.54, 1.807) is 17.0 Å². The van der Waals surface area contributed by atoms with Crippen molar-refractivity contribution < 1.29 is 18.7 Å². The Hall–Kier alpha value is -2.39. The van der Waals surface area contributed by atoms with Crippen LogP contribution in [-0.4, -0.2) is 49.6 Å². The number of rotatable bonds is 5. The number of piperidine rings is 1. The van der Waals surface area contributed by atoms with Gasteiger partial charge in [-0.15, -0.1) is 6.42 Å². The number of carbonyl (C=O) groups excluding carboxylic acids is 2. The van der Waals surface area contributed by atoms with Gasteiger partial charge in [-0.25, -0.2) is 4.39 Å². The molecule has 5 nitrogen and oxygen atoms in total. The molecule has 0 aliphatic carbocycles. The first-order valence-corrected chi connectivity index (χ1v) is 8.94. The van der Waals surface area contributed by atoms with Crippen LogP contribution in [0.5, 0.6) is 0 Å². The summed E-state index contributed by atoms with van der Waals surface area (Å²) in [5.74, 6) is 2.14. The number of likely N-dealkylation sites (tertiary alicyclic amines) is 1. The number of hydrogen-bond acceptors (Lipinski definition) is 3. The molecule has 2 aliphatic rings. The largest absolute Gasteiger partial charge is 0.369 e. The van der Waals surface area contributed by atoms with Crippen molar-refractivity contribution in [2.75, 3.05) is 37.7 Å². The van der Waals surface area contributed by atoms with Gasteiger partial charge in [0.15, 0.2) is 0 Å². The van der Waals surface area contributed by atoms with Crippen molar-refractivity contribution in [3.05, 3.63) is 30.1 Å². The van der Waals surface area contributed by atoms with Crippen LogP contribution in [0.4, 0.5) is 10.1 Å². The molecular weight excluding hydrogens is 335 g/mol. The standard InChI is InChI=1S/C20H23FN2O3/c1-2-11-26-14-15-7-9-22(10-8-15)20(25)16-12-19(24)23(13-16)18-5-3-17(21)4-6-18/h1,3-6,15-16H,7-14H2. The van der Waals surface area contributed by atoms with Crippen LogP contribution in [0, 0.1) is 30.0 Å². The van der Waals surface area contributed by atoms with E-state index in [0.717, 1.165) is 12.8 Å². The summed E-state index contributed by atoms with van der Waals surface area (Å²) in [5, 5.41) is 0. The number of terminal acetylenes is 1. The second-order valence-corrected chi connectivity index (χ2v) is 6.87. The zero-order valence-electron chi connectivity index (χ0n) is 14.7. The van der Waals surface area contributed by atoms with Gasteiger partial charge in [0.25, 0.3) is 0 Å². The van der Waals surface area contributed by atoms with Crippen molar-refractivity contribution in [1.29, 1.82) is 0 Å². The number of hydrogen-bond donors (Lipinski definition) is 0. The minimum Gasteiger partial charge on any atom is -0.369 e. The Morgan fingerprint density at radius 1 is 1.27 bits per heavy atom. The quantitative estimate of drug-likeness (QED) is 0.598. The fourth-order valence-corrected chi connectivity index (χ4v) is 3.61. The maximum Gasteiger partial charge on any atom is 0.228 e. The van der Waals surface area contributed by atoms with Crippen molar-refractivity contribution in [2.24, 2.45) is 11.8 Å². The van der Waals surface area contributed by atoms with Gasteiger partial charge < -0.3 is 14.5 Å². The van der Waals surface area contributed by atoms with Crippen LogP contribution in [0.25, 0.3) is 0 Å². The van der Waals surface area contributed by atoms with E-state index in [4.69, 9.17) is 11.2 Å². The summed E-state index contributed by atoms with van der Waals surface area (Å²) < 4.78 is 18.5. The fourth-order valence-electron chi connectivity index (χ4n) is 3.61. The first kappa shape index (κ1) is 18.4. The van der Waals surface area contributed by atoms with Crippen LogP contribution in [0.2, 0.25) is 0 Å². The van der Waals surface area contributed by atoms with Crippen LogP contribution in [-0.2, 0) is 14.3 Å². The molecule has 0 radical (unpaired) electrons. The molecule has 6 heteroatoms. The Labute approximate surface area is 153 Å². The summed E-state index contributed by atoms with van der Waals surface area (Å²) in [5.41, 5.74) is 0.635. The molecule has 0 N–H and O–H groups in total. The second-order valence-electron chi connectivity index (χ2n) is 6.87. The molecule has 2 amide bonds. The van der Waals surface area contributed by atoms with E-state index in [-0.39, 0.29) is 30.0 Å². The first-order chi connectivity index (χ1) is 12.6. The zero-order valence-corrected chi connectivity index (χ0v) is 14.7. The average Bonchev–Trinajstić information content (AvgIpc) is 3.04. The van der Waals surface area contributed by atoms with Crippen molar-refractivity contribution in [1.82, 2.24) is 4.90 Å². The van der Waals surface area contributed by atoms with Gasteiger partial charge in [0, 0.05) is 31.7 Å². The van der Waals surface area contributed by atoms with Crippen molar-refractivity contribution in [3.63, 3.8) is 0 Å². The van der Waals surface area contributed by atoms with E-state index in [0.29, 0.717) is 44.5 Å². The number of anilines is 1. The van der Waals surface area contributed by atoms with Crippen LogP contribution in [0.15, 0.2) is 24.3 Å². The summed E-state index contributed by atoms with van der Waals surface area (Å²) in [6.07, 6.45) is 7.15. The Balaban J connectivity index is 1.52. The molecule has 0 spiro atoms. The van der Waals surface area contributed by atoms with E-state index >= 15 is 0 Å². The molecule has 1 unspecified atom stereocenters. The lowest BCUT2D eigenvalue weighted by Crippen LogP contribution is -2.43. The number of amides is 2. The van der Waals surface area contributed by atoms with E-state index in [1.165, 1.54) is 12.1 Å². The van der Waals surface area contributed by atoms with Gasteiger partial charge in [0.2, 0.25) is 11.8 Å². The van der Waals surface area contributed by atoms with E-state index in [9.17, 15) is 14.0 Å². The van der Waals surface area contributed by atoms with Gasteiger partial charge >= 0.3 is 0 Å². The summed E-state index contributed by atoms with van der Waals surface area (Å²) in [4.78, 5) is 28.5. The van der Waals surface area contributed by atoms with Gasteiger partial charge in [0.1, 0.15) is 12.4 Å². The highest BCUT2D eigenvalue weighted by molar-refractivity contribution is 6.00. The average molecular weight is 358 g/mol. The summed E-state index contributed by atoms with van der Waals surface area (Å²) in [7, 11) is 0. The number of carbonyl (C=O) groups is 2. The van der Waals surface area contributed by atoms with Gasteiger partial charge in [-0.1, -0.05) is 5.92 Å². The highest BCUT2D eigenvalue weighted by Crippen LogP contribution is 2.28. The predicted molar refractivity (Wildman–Crippen MR) is 95.8 cm³/mol. The second kappa shape index (κ2) is 8.33. The van der Waals surface area contributed by atoms with Gasteiger partial charge in [-0.2, -0.15) is 0 Å². The molecule has 0 aromatic heterocycles. The molecule has 1 aromatic rings. The van der Waals surface area contributed by atoms with Crippen LogP contribution < -0.4 is 4.90 Å². The maximum atomic E-state index is 13.1. The summed E-state index contributed by atoms with van der Waals surface area (Å²) in [6.45, 7) is 2.68. The minimum absolute atomic E-state index is 0.0333. The summed E-state index contributed by atoms with van der Waals surface area (Å²) >= 11 is 0. The van der Waals surface area contributed by atoms with Crippen molar-refractivity contribution in [2.45, 2.75) is 19.3 Å². The van der Waals surface area contributed by atoms with Crippen LogP contribution in [0.1, 0.15) is 19.3 Å². The smallest absolute Gasteiger partial charge is 0.228 e. The molecule has 1 aromatic carbocycles. The lowest BCUT2D eigenvalue weighted by atomic mass is 9.96. The highest BCUT2D eigenvalue weighted by Gasteiger charge is 2.38. The van der Waals surface area contributed by atoms with Crippen LogP contribution >= 0.6 is 0 Å². The molecule has 2 aliphatic heterocycles. The third kappa shape index (κ3) is 4.23. The Bertz CT molecular complexity index is 690. The molecule has 1 atom stereocenters. The maximum absolute atomic E-state index is 13.1. The van der Waals surface area contributed by atoms with Crippen molar-refractivity contribution in [3.8, 4) is 12.3 Å². The molecule has 2 fully saturated rings. The fraction of sp³-hybridized carbons (Fsp3) is 0.500. The third-order valence-electron chi connectivity index (χ3n) is 5.08. The molecule has 138 valence electrons. The Morgan fingerprint density at radius 3 is 2.62 bits per heavy atom. The number of nitrogens with zero attached hydrogens (tertiary/aromatic N) is 2. The van der Waals surface area contributed by atoms with Gasteiger partial charge in [-0.3, -0.25) is 9.59 Å². The molecule has 0 saturated carbocycles. The zero-order chi connectivity index (χ0) is 18.5. The monoisotopic (exact) mass is 358 g/mol. The van der Waals surface area contributed by atoms with E-state index < -0.39 is 0 Å². The number of halogens is 1. The number of benzene rings is 1. The first-order valence-electron chi connectivity index (χ1n) is 8.94. The predicted octanol–water partition coefficient (Wildman–Crippen LogP) is 2.07. The molecular formula is C20H23FN2O3. The van der Waals surface area contributed by atoms with Crippen molar-refractivity contribution >= 4 is 17.5 Å². The third-order valence-corrected chi connectivity index (χ3v) is 5.08. The molecule has 3 rings (SSSR count). The van der Waals surface area contributed by atoms with E-state index in [2.05, 4.69) is 5.92 Å². The normalized spacial score (nSPS) is 21.1. The van der Waals surface area contributed by atoms with E-state index in [1.807, 2.05) is 4.90 Å². The lowest BCUT2D eigenvalue weighted by Gasteiger charge is -2.33. The molecule has 2 heterocycles. The summed E-state index contributed by atoms with van der Waals surface area (Å²) in [6, 6.07) is 5.79. The highest BCUT2D eigenvalue weighted by atomic mass is 19.1. The molecule has 26 heavy (non-hydrogen) atoms. The topological polar surface area (TPSA) is 49.9 Å². The Morgan fingerprint density at radius 2 is 1.96 bits per heavy atom. The molecule has 0 bridgehead atoms. The minimum atomic E-state index is -0.345.